The lowest BCUT2D eigenvalue weighted by Gasteiger charge is -2.12. The Balaban J connectivity index is 1.73. The second-order valence-electron chi connectivity index (χ2n) is 5.30. The molecule has 0 aliphatic heterocycles. The van der Waals surface area contributed by atoms with Gasteiger partial charge in [0.25, 0.3) is 0 Å². The van der Waals surface area contributed by atoms with Gasteiger partial charge in [0, 0.05) is 18.4 Å². The third-order valence-corrected chi connectivity index (χ3v) is 3.70. The van der Waals surface area contributed by atoms with Crippen LogP contribution in [-0.2, 0) is 6.42 Å². The normalized spacial score (nSPS) is 12.1. The van der Waals surface area contributed by atoms with E-state index in [0.717, 1.165) is 23.1 Å². The van der Waals surface area contributed by atoms with Crippen molar-refractivity contribution >= 4 is 0 Å². The van der Waals surface area contributed by atoms with Crippen molar-refractivity contribution in [3.63, 3.8) is 0 Å². The van der Waals surface area contributed by atoms with Gasteiger partial charge in [-0.1, -0.05) is 42.5 Å². The quantitative estimate of drug-likeness (QED) is 0.785. The number of hydrogen-bond donors (Lipinski definition) is 1. The molecule has 0 aliphatic carbocycles. The van der Waals surface area contributed by atoms with Crippen molar-refractivity contribution in [3.8, 4) is 11.1 Å². The van der Waals surface area contributed by atoms with E-state index in [1.165, 1.54) is 17.7 Å². The minimum atomic E-state index is -0.220. The molecule has 0 spiro atoms. The first kappa shape index (κ1) is 14.4. The molecule has 0 bridgehead atoms. The molecule has 1 aromatic heterocycles. The number of halogens is 1. The van der Waals surface area contributed by atoms with E-state index in [-0.39, 0.29) is 11.9 Å². The predicted molar refractivity (Wildman–Crippen MR) is 86.7 cm³/mol. The molecule has 0 saturated carbocycles. The molecule has 0 saturated heterocycles. The Morgan fingerprint density at radius 2 is 1.55 bits per heavy atom. The Kier molecular flexibility index (Phi) is 4.26. The van der Waals surface area contributed by atoms with Crippen LogP contribution in [0.1, 0.15) is 17.2 Å². The Morgan fingerprint density at radius 1 is 0.909 bits per heavy atom. The molecular formula is C19H17FN2. The Labute approximate surface area is 129 Å². The molecule has 110 valence electrons. The average Bonchev–Trinajstić information content (AvgIpc) is 2.57. The molecule has 0 radical (unpaired) electrons. The Bertz CT molecular complexity index is 722. The molecule has 3 heteroatoms. The third-order valence-electron chi connectivity index (χ3n) is 3.70. The number of pyridine rings is 1. The highest BCUT2D eigenvalue weighted by atomic mass is 19.1. The fourth-order valence-electron chi connectivity index (χ4n) is 2.44. The molecule has 0 amide bonds. The van der Waals surface area contributed by atoms with Crippen LogP contribution in [0.2, 0.25) is 0 Å². The van der Waals surface area contributed by atoms with Gasteiger partial charge in [0.2, 0.25) is 0 Å². The first-order valence-electron chi connectivity index (χ1n) is 7.23. The summed E-state index contributed by atoms with van der Waals surface area (Å²) in [6, 6.07) is 18.5. The maximum Gasteiger partial charge on any atom is 0.123 e. The van der Waals surface area contributed by atoms with E-state index < -0.39 is 0 Å². The van der Waals surface area contributed by atoms with Crippen LogP contribution in [0.25, 0.3) is 11.1 Å². The molecule has 1 heterocycles. The zero-order valence-electron chi connectivity index (χ0n) is 12.1. The van der Waals surface area contributed by atoms with Gasteiger partial charge in [0.15, 0.2) is 0 Å². The molecule has 0 fully saturated rings. The summed E-state index contributed by atoms with van der Waals surface area (Å²) >= 11 is 0. The lowest BCUT2D eigenvalue weighted by molar-refractivity contribution is 0.628. The first-order valence-corrected chi connectivity index (χ1v) is 7.23. The summed E-state index contributed by atoms with van der Waals surface area (Å²) < 4.78 is 13.0. The van der Waals surface area contributed by atoms with Crippen molar-refractivity contribution in [2.45, 2.75) is 12.5 Å². The molecular weight excluding hydrogens is 275 g/mol. The standard InChI is InChI=1S/C19H17FN2/c20-18-9-7-16(8-10-18)15-5-3-14(4-6-15)12-19(21)17-2-1-11-22-13-17/h1-11,13,19H,12,21H2. The van der Waals surface area contributed by atoms with Crippen LogP contribution in [0.3, 0.4) is 0 Å². The molecule has 3 rings (SSSR count). The average molecular weight is 292 g/mol. The van der Waals surface area contributed by atoms with E-state index in [4.69, 9.17) is 5.73 Å². The number of aromatic nitrogens is 1. The van der Waals surface area contributed by atoms with Gasteiger partial charge < -0.3 is 5.73 Å². The third kappa shape index (κ3) is 3.38. The van der Waals surface area contributed by atoms with Gasteiger partial charge in [0.05, 0.1) is 0 Å². The number of hydrogen-bond acceptors (Lipinski definition) is 2. The van der Waals surface area contributed by atoms with E-state index in [0.29, 0.717) is 0 Å². The van der Waals surface area contributed by atoms with Gasteiger partial charge in [-0.3, -0.25) is 4.98 Å². The van der Waals surface area contributed by atoms with Gasteiger partial charge in [-0.2, -0.15) is 0 Å². The van der Waals surface area contributed by atoms with E-state index in [9.17, 15) is 4.39 Å². The van der Waals surface area contributed by atoms with Crippen molar-refractivity contribution < 1.29 is 4.39 Å². The lowest BCUT2D eigenvalue weighted by atomic mass is 9.98. The highest BCUT2D eigenvalue weighted by Gasteiger charge is 2.07. The van der Waals surface area contributed by atoms with Gasteiger partial charge >= 0.3 is 0 Å². The van der Waals surface area contributed by atoms with Crippen molar-refractivity contribution in [3.05, 3.63) is 90.0 Å². The Hall–Kier alpha value is -2.52. The van der Waals surface area contributed by atoms with Gasteiger partial charge in [-0.15, -0.1) is 0 Å². The monoisotopic (exact) mass is 292 g/mol. The maximum absolute atomic E-state index is 13.0. The summed E-state index contributed by atoms with van der Waals surface area (Å²) in [7, 11) is 0. The maximum atomic E-state index is 13.0. The fraction of sp³-hybridized carbons (Fsp3) is 0.105. The van der Waals surface area contributed by atoms with Crippen LogP contribution in [0.15, 0.2) is 73.1 Å². The van der Waals surface area contributed by atoms with E-state index in [1.807, 2.05) is 24.3 Å². The zero-order chi connectivity index (χ0) is 15.4. The van der Waals surface area contributed by atoms with Crippen LogP contribution < -0.4 is 5.73 Å². The first-order chi connectivity index (χ1) is 10.7. The lowest BCUT2D eigenvalue weighted by Crippen LogP contribution is -2.13. The number of benzene rings is 2. The summed E-state index contributed by atoms with van der Waals surface area (Å²) in [6.45, 7) is 0. The molecule has 0 aliphatic rings. The van der Waals surface area contributed by atoms with Gasteiger partial charge in [-0.05, 0) is 46.9 Å². The summed E-state index contributed by atoms with van der Waals surface area (Å²) in [4.78, 5) is 4.10. The predicted octanol–water partition coefficient (Wildman–Crippen LogP) is 4.13. The van der Waals surface area contributed by atoms with Crippen molar-refractivity contribution in [1.82, 2.24) is 4.98 Å². The van der Waals surface area contributed by atoms with Crippen molar-refractivity contribution in [2.24, 2.45) is 5.73 Å². The highest BCUT2D eigenvalue weighted by Crippen LogP contribution is 2.22. The smallest absolute Gasteiger partial charge is 0.123 e. The van der Waals surface area contributed by atoms with Gasteiger partial charge in [0.1, 0.15) is 5.82 Å². The second-order valence-corrected chi connectivity index (χ2v) is 5.30. The highest BCUT2D eigenvalue weighted by molar-refractivity contribution is 5.63. The fourth-order valence-corrected chi connectivity index (χ4v) is 2.44. The van der Waals surface area contributed by atoms with Crippen LogP contribution in [0.4, 0.5) is 4.39 Å². The number of nitrogens with two attached hydrogens (primary N) is 1. The molecule has 2 nitrogen and oxygen atoms in total. The minimum absolute atomic E-state index is 0.0645. The summed E-state index contributed by atoms with van der Waals surface area (Å²) in [5.74, 6) is -0.220. The summed E-state index contributed by atoms with van der Waals surface area (Å²) in [5, 5.41) is 0. The van der Waals surface area contributed by atoms with Crippen LogP contribution in [-0.4, -0.2) is 4.98 Å². The van der Waals surface area contributed by atoms with E-state index in [1.54, 1.807) is 24.5 Å². The molecule has 22 heavy (non-hydrogen) atoms. The molecule has 1 atom stereocenters. The van der Waals surface area contributed by atoms with Crippen molar-refractivity contribution in [1.29, 1.82) is 0 Å². The summed E-state index contributed by atoms with van der Waals surface area (Å²) in [5.41, 5.74) is 10.5. The van der Waals surface area contributed by atoms with Crippen LogP contribution >= 0.6 is 0 Å². The SMILES string of the molecule is NC(Cc1ccc(-c2ccc(F)cc2)cc1)c1cccnc1. The largest absolute Gasteiger partial charge is 0.324 e. The van der Waals surface area contributed by atoms with E-state index in [2.05, 4.69) is 17.1 Å². The molecule has 1 unspecified atom stereocenters. The molecule has 3 aromatic rings. The van der Waals surface area contributed by atoms with Crippen LogP contribution in [0, 0.1) is 5.82 Å². The minimum Gasteiger partial charge on any atom is -0.324 e. The molecule has 2 aromatic carbocycles. The topological polar surface area (TPSA) is 38.9 Å². The number of nitrogens with zero attached hydrogens (tertiary/aromatic N) is 1. The second kappa shape index (κ2) is 6.50. The van der Waals surface area contributed by atoms with Crippen LogP contribution in [0.5, 0.6) is 0 Å². The zero-order valence-corrected chi connectivity index (χ0v) is 12.1. The number of rotatable bonds is 4. The Morgan fingerprint density at radius 3 is 2.14 bits per heavy atom. The summed E-state index contributed by atoms with van der Waals surface area (Å²) in [6.07, 6.45) is 4.31. The van der Waals surface area contributed by atoms with Crippen molar-refractivity contribution in [2.75, 3.05) is 0 Å². The van der Waals surface area contributed by atoms with Gasteiger partial charge in [-0.25, -0.2) is 4.39 Å². The molecule has 2 N–H and O–H groups in total. The van der Waals surface area contributed by atoms with E-state index >= 15 is 0 Å².